The SMILES string of the molecule is O=C(O)CCc1scc2c1CCO2. The summed E-state index contributed by atoms with van der Waals surface area (Å²) in [6.45, 7) is 0.748. The molecule has 0 saturated carbocycles. The Morgan fingerprint density at radius 2 is 2.54 bits per heavy atom. The first-order chi connectivity index (χ1) is 6.27. The molecule has 0 aliphatic carbocycles. The third kappa shape index (κ3) is 1.67. The predicted molar refractivity (Wildman–Crippen MR) is 49.5 cm³/mol. The second-order valence-electron chi connectivity index (χ2n) is 2.99. The van der Waals surface area contributed by atoms with Gasteiger partial charge in [0.15, 0.2) is 0 Å². The molecule has 0 bridgehead atoms. The van der Waals surface area contributed by atoms with Gasteiger partial charge in [-0.05, 0) is 6.42 Å². The predicted octanol–water partition coefficient (Wildman–Crippen LogP) is 1.70. The van der Waals surface area contributed by atoms with Crippen molar-refractivity contribution in [2.24, 2.45) is 0 Å². The van der Waals surface area contributed by atoms with Crippen LogP contribution >= 0.6 is 11.3 Å². The third-order valence-electron chi connectivity index (χ3n) is 2.12. The maximum Gasteiger partial charge on any atom is 0.303 e. The van der Waals surface area contributed by atoms with Gasteiger partial charge in [-0.25, -0.2) is 0 Å². The zero-order chi connectivity index (χ0) is 9.26. The van der Waals surface area contributed by atoms with Crippen molar-refractivity contribution in [3.05, 3.63) is 15.8 Å². The highest BCUT2D eigenvalue weighted by Gasteiger charge is 2.18. The molecule has 70 valence electrons. The van der Waals surface area contributed by atoms with E-state index in [1.54, 1.807) is 11.3 Å². The van der Waals surface area contributed by atoms with E-state index in [-0.39, 0.29) is 6.42 Å². The molecule has 0 fully saturated rings. The number of hydrogen-bond donors (Lipinski definition) is 1. The standard InChI is InChI=1S/C9H10O3S/c10-9(11)2-1-8-6-3-4-12-7(6)5-13-8/h5H,1-4H2,(H,10,11). The normalized spacial score (nSPS) is 13.8. The van der Waals surface area contributed by atoms with Gasteiger partial charge in [-0.3, -0.25) is 4.79 Å². The van der Waals surface area contributed by atoms with Crippen molar-refractivity contribution in [3.63, 3.8) is 0 Å². The van der Waals surface area contributed by atoms with E-state index in [2.05, 4.69) is 0 Å². The molecular formula is C9H10O3S. The number of ether oxygens (including phenoxy) is 1. The van der Waals surface area contributed by atoms with Crippen LogP contribution in [-0.4, -0.2) is 17.7 Å². The molecule has 0 spiro atoms. The van der Waals surface area contributed by atoms with Crippen LogP contribution in [0.25, 0.3) is 0 Å². The molecule has 1 aliphatic rings. The van der Waals surface area contributed by atoms with Gasteiger partial charge in [-0.2, -0.15) is 0 Å². The molecule has 0 radical (unpaired) electrons. The average Bonchev–Trinajstić information content (AvgIpc) is 2.60. The van der Waals surface area contributed by atoms with Crippen molar-refractivity contribution in [3.8, 4) is 5.75 Å². The van der Waals surface area contributed by atoms with Gasteiger partial charge in [0.2, 0.25) is 0 Å². The molecule has 1 N–H and O–H groups in total. The minimum atomic E-state index is -0.735. The Labute approximate surface area is 80.0 Å². The molecule has 4 heteroatoms. The van der Waals surface area contributed by atoms with E-state index >= 15 is 0 Å². The highest BCUT2D eigenvalue weighted by molar-refractivity contribution is 7.10. The summed E-state index contributed by atoms with van der Waals surface area (Å²) in [6.07, 6.45) is 1.79. The Morgan fingerprint density at radius 1 is 1.69 bits per heavy atom. The molecular weight excluding hydrogens is 188 g/mol. The number of hydrogen-bond acceptors (Lipinski definition) is 3. The van der Waals surface area contributed by atoms with Crippen LogP contribution in [0.1, 0.15) is 16.9 Å². The summed E-state index contributed by atoms with van der Waals surface area (Å²) in [7, 11) is 0. The van der Waals surface area contributed by atoms with Crippen molar-refractivity contribution in [2.75, 3.05) is 6.61 Å². The number of carboxylic acid groups (broad SMARTS) is 1. The van der Waals surface area contributed by atoms with E-state index in [1.165, 1.54) is 10.4 Å². The first-order valence-electron chi connectivity index (χ1n) is 4.21. The summed E-state index contributed by atoms with van der Waals surface area (Å²) in [4.78, 5) is 11.5. The fourth-order valence-electron chi connectivity index (χ4n) is 1.48. The van der Waals surface area contributed by atoms with E-state index < -0.39 is 5.97 Å². The molecule has 13 heavy (non-hydrogen) atoms. The van der Waals surface area contributed by atoms with Crippen LogP contribution < -0.4 is 4.74 Å². The van der Waals surface area contributed by atoms with Gasteiger partial charge in [0.25, 0.3) is 0 Å². The average molecular weight is 198 g/mol. The van der Waals surface area contributed by atoms with Gasteiger partial charge < -0.3 is 9.84 Å². The quantitative estimate of drug-likeness (QED) is 0.804. The highest BCUT2D eigenvalue weighted by atomic mass is 32.1. The molecule has 2 rings (SSSR count). The number of carbonyl (C=O) groups is 1. The van der Waals surface area contributed by atoms with Crippen LogP contribution in [0.2, 0.25) is 0 Å². The Balaban J connectivity index is 2.08. The Kier molecular flexibility index (Phi) is 2.22. The zero-order valence-electron chi connectivity index (χ0n) is 7.08. The summed E-state index contributed by atoms with van der Waals surface area (Å²) in [5, 5.41) is 10.5. The fourth-order valence-corrected chi connectivity index (χ4v) is 2.51. The lowest BCUT2D eigenvalue weighted by Crippen LogP contribution is -1.97. The summed E-state index contributed by atoms with van der Waals surface area (Å²) in [5.74, 6) is 0.228. The number of carboxylic acids is 1. The second kappa shape index (κ2) is 3.38. The molecule has 0 atom stereocenters. The molecule has 0 aromatic carbocycles. The smallest absolute Gasteiger partial charge is 0.303 e. The fraction of sp³-hybridized carbons (Fsp3) is 0.444. The largest absolute Gasteiger partial charge is 0.492 e. The molecule has 1 aromatic heterocycles. The van der Waals surface area contributed by atoms with E-state index in [1.807, 2.05) is 5.38 Å². The van der Waals surface area contributed by atoms with Crippen LogP contribution in [-0.2, 0) is 17.6 Å². The summed E-state index contributed by atoms with van der Waals surface area (Å²) in [5.41, 5.74) is 1.23. The molecule has 1 aromatic rings. The lowest BCUT2D eigenvalue weighted by Gasteiger charge is -1.95. The third-order valence-corrected chi connectivity index (χ3v) is 3.18. The minimum Gasteiger partial charge on any atom is -0.492 e. The second-order valence-corrected chi connectivity index (χ2v) is 3.96. The molecule has 3 nitrogen and oxygen atoms in total. The van der Waals surface area contributed by atoms with Crippen molar-refractivity contribution >= 4 is 17.3 Å². The van der Waals surface area contributed by atoms with Gasteiger partial charge in [0.1, 0.15) is 5.75 Å². The molecule has 2 heterocycles. The van der Waals surface area contributed by atoms with Crippen LogP contribution in [0, 0.1) is 0 Å². The maximum absolute atomic E-state index is 10.4. The number of aliphatic carboxylic acids is 1. The highest BCUT2D eigenvalue weighted by Crippen LogP contribution is 2.34. The Hall–Kier alpha value is -1.03. The number of rotatable bonds is 3. The van der Waals surface area contributed by atoms with E-state index in [4.69, 9.17) is 9.84 Å². The van der Waals surface area contributed by atoms with Crippen LogP contribution in [0.3, 0.4) is 0 Å². The molecule has 0 amide bonds. The van der Waals surface area contributed by atoms with Gasteiger partial charge in [0, 0.05) is 22.2 Å². The number of fused-ring (bicyclic) bond motifs is 1. The van der Waals surface area contributed by atoms with Crippen molar-refractivity contribution in [1.82, 2.24) is 0 Å². The molecule has 0 unspecified atom stereocenters. The van der Waals surface area contributed by atoms with E-state index in [9.17, 15) is 4.79 Å². The van der Waals surface area contributed by atoms with Gasteiger partial charge in [-0.1, -0.05) is 0 Å². The van der Waals surface area contributed by atoms with Crippen molar-refractivity contribution in [2.45, 2.75) is 19.3 Å². The van der Waals surface area contributed by atoms with E-state index in [0.717, 1.165) is 18.8 Å². The first-order valence-corrected chi connectivity index (χ1v) is 5.09. The maximum atomic E-state index is 10.4. The number of aryl methyl sites for hydroxylation is 1. The van der Waals surface area contributed by atoms with Crippen LogP contribution in [0.4, 0.5) is 0 Å². The van der Waals surface area contributed by atoms with Crippen LogP contribution in [0.15, 0.2) is 5.38 Å². The van der Waals surface area contributed by atoms with Crippen LogP contribution in [0.5, 0.6) is 5.75 Å². The van der Waals surface area contributed by atoms with E-state index in [0.29, 0.717) is 6.42 Å². The van der Waals surface area contributed by atoms with Gasteiger partial charge in [-0.15, -0.1) is 11.3 Å². The van der Waals surface area contributed by atoms with Crippen molar-refractivity contribution in [1.29, 1.82) is 0 Å². The Bertz CT molecular complexity index is 330. The lowest BCUT2D eigenvalue weighted by molar-refractivity contribution is -0.136. The van der Waals surface area contributed by atoms with Crippen molar-refractivity contribution < 1.29 is 14.6 Å². The number of thiophene rings is 1. The monoisotopic (exact) mass is 198 g/mol. The topological polar surface area (TPSA) is 46.5 Å². The summed E-state index contributed by atoms with van der Waals surface area (Å²) >= 11 is 1.61. The van der Waals surface area contributed by atoms with Gasteiger partial charge in [0.05, 0.1) is 13.0 Å². The zero-order valence-corrected chi connectivity index (χ0v) is 7.89. The first kappa shape index (κ1) is 8.56. The summed E-state index contributed by atoms with van der Waals surface area (Å²) in [6, 6.07) is 0. The van der Waals surface area contributed by atoms with Gasteiger partial charge >= 0.3 is 5.97 Å². The summed E-state index contributed by atoms with van der Waals surface area (Å²) < 4.78 is 5.35. The molecule has 0 saturated heterocycles. The molecule has 1 aliphatic heterocycles. The lowest BCUT2D eigenvalue weighted by atomic mass is 10.1. The minimum absolute atomic E-state index is 0.215. The Morgan fingerprint density at radius 3 is 3.31 bits per heavy atom.